The molecule has 24 aromatic rings. The number of para-hydroxylation sites is 4. The van der Waals surface area contributed by atoms with Crippen molar-refractivity contribution in [1.82, 2.24) is 0 Å². The van der Waals surface area contributed by atoms with Crippen LogP contribution in [0, 0.1) is 66.1 Å². The summed E-state index contributed by atoms with van der Waals surface area (Å²) in [5.74, 6) is 0. The molecule has 0 N–H and O–H groups in total. The quantitative estimate of drug-likeness (QED) is 0.151. The molecule has 0 unspecified atom stereocenters. The Morgan fingerprint density at radius 3 is 0.913 bits per heavy atom. The highest BCUT2D eigenvalue weighted by atomic mass is 16.4. The van der Waals surface area contributed by atoms with E-state index in [2.05, 4.69) is 252 Å². The second-order valence-electron chi connectivity index (χ2n) is 37.1. The molecule has 0 amide bonds. The molecule has 24 rings (SSSR count). The number of aryl methyl sites for hydroxylation is 12. The number of hydrogen-bond acceptors (Lipinski definition) is 8. The van der Waals surface area contributed by atoms with E-state index < -0.39 is 6.85 Å². The third-order valence-electron chi connectivity index (χ3n) is 25.6. The standard InChI is InChI=1S/C31H30NO2.C30H28NO2.C27H22NO2.C26H20NO2/c1-18-11-12-22-29-26(14-13-25-28(29)21-9-7-8-10-24(21)33-25)34-30(22)27(18)23-15-20(16-31(3,4)5)19(2)17-32(23)6;1-18-10-11-21-28-25(13-12-24-27(28)20-8-6-7-9-23(20)32-24)33-29(21)26(18)22-16-19(14-15-31(22)5)17-30(2,3)4;1-15-9-10-19-26-23(12-11-22-25(26)18-7-5-6-8-21(18)29-22)30-27(19)24(15)20-13-16(2)17(3)14-28(20)4;1-15-8-11-19(27(3)14-15)23-16(2)9-10-18-25-22(29-26(18)23)13-12-21-24(25)17-6-4-5-7-20(17)28-21/h7-15,17H,16H2,1-6H3;6-16H,17H2,1-5H3;5-14H,1-4H3;4-14H,1-3H3/q4*+1/i;;;1D3. The fourth-order valence-corrected chi connectivity index (χ4v) is 19.7. The average Bonchev–Trinajstić information content (AvgIpc) is 1.58. The number of hydrogen-bond donors (Lipinski definition) is 0. The van der Waals surface area contributed by atoms with Crippen LogP contribution in [-0.2, 0) is 41.0 Å². The van der Waals surface area contributed by atoms with Gasteiger partial charge in [0, 0.05) is 137 Å². The van der Waals surface area contributed by atoms with E-state index in [9.17, 15) is 0 Å². The van der Waals surface area contributed by atoms with Crippen LogP contribution in [0.4, 0.5) is 0 Å². The molecule has 0 atom stereocenters. The Kier molecular flexibility index (Phi) is 17.8. The van der Waals surface area contributed by atoms with Gasteiger partial charge in [-0.3, -0.25) is 0 Å². The third kappa shape index (κ3) is 13.2. The van der Waals surface area contributed by atoms with Gasteiger partial charge in [-0.1, -0.05) is 163 Å². The van der Waals surface area contributed by atoms with Crippen LogP contribution in [0.3, 0.4) is 0 Å². The Morgan fingerprint density at radius 2 is 0.563 bits per heavy atom. The van der Waals surface area contributed by atoms with Gasteiger partial charge in [0.2, 0.25) is 22.8 Å². The van der Waals surface area contributed by atoms with E-state index >= 15 is 0 Å². The van der Waals surface area contributed by atoms with Gasteiger partial charge >= 0.3 is 0 Å². The minimum absolute atomic E-state index is 0.219. The first-order valence-corrected chi connectivity index (χ1v) is 43.4. The zero-order chi connectivity index (χ0) is 89.4. The number of aromatic nitrogens is 4. The molecule has 12 aromatic carbocycles. The zero-order valence-electron chi connectivity index (χ0n) is 77.2. The minimum atomic E-state index is -2.15. The molecule has 0 saturated heterocycles. The van der Waals surface area contributed by atoms with Crippen molar-refractivity contribution in [3.63, 3.8) is 0 Å². The predicted molar refractivity (Wildman–Crippen MR) is 515 cm³/mol. The van der Waals surface area contributed by atoms with Crippen LogP contribution >= 0.6 is 0 Å². The Bertz CT molecular complexity index is 8800. The van der Waals surface area contributed by atoms with Crippen LogP contribution in [0.5, 0.6) is 0 Å². The van der Waals surface area contributed by atoms with E-state index in [-0.39, 0.29) is 10.8 Å². The summed E-state index contributed by atoms with van der Waals surface area (Å²) in [6, 6.07) is 78.9. The number of benzene rings is 12. The summed E-state index contributed by atoms with van der Waals surface area (Å²) in [7, 11) is 8.21. The van der Waals surface area contributed by atoms with E-state index in [1.165, 1.54) is 55.9 Å². The van der Waals surface area contributed by atoms with Gasteiger partial charge in [0.25, 0.3) is 0 Å². The number of nitrogens with zero attached hydrogens (tertiary/aromatic N) is 4. The average molecular weight is 1660 g/mol. The molecule has 126 heavy (non-hydrogen) atoms. The molecule has 0 fully saturated rings. The van der Waals surface area contributed by atoms with Crippen LogP contribution in [0.25, 0.3) is 221 Å². The summed E-state index contributed by atoms with van der Waals surface area (Å²) in [4.78, 5) is 0. The third-order valence-corrected chi connectivity index (χ3v) is 25.6. The normalized spacial score (nSPS) is 12.7. The van der Waals surface area contributed by atoms with Gasteiger partial charge in [-0.25, -0.2) is 18.3 Å². The second-order valence-corrected chi connectivity index (χ2v) is 37.1. The molecule has 0 aliphatic heterocycles. The topological polar surface area (TPSA) is 121 Å². The van der Waals surface area contributed by atoms with Crippen LogP contribution in [0.1, 0.15) is 101 Å². The Labute approximate surface area is 733 Å². The van der Waals surface area contributed by atoms with Gasteiger partial charge in [0.15, 0.2) is 24.8 Å². The maximum absolute atomic E-state index is 7.71. The van der Waals surface area contributed by atoms with E-state index in [0.29, 0.717) is 5.56 Å². The minimum Gasteiger partial charge on any atom is -0.456 e. The first-order valence-electron chi connectivity index (χ1n) is 44.9. The molecule has 12 heteroatoms. The fraction of sp³-hybridized carbons (Fsp3) is 0.193. The number of pyridine rings is 4. The van der Waals surface area contributed by atoms with Crippen molar-refractivity contribution in [1.29, 1.82) is 0 Å². The van der Waals surface area contributed by atoms with Crippen molar-refractivity contribution in [2.75, 3.05) is 0 Å². The van der Waals surface area contributed by atoms with Gasteiger partial charge in [-0.05, 0) is 197 Å². The molecule has 0 radical (unpaired) electrons. The zero-order valence-corrected chi connectivity index (χ0v) is 74.2. The van der Waals surface area contributed by atoms with Crippen molar-refractivity contribution < 1.29 is 57.7 Å². The Hall–Kier alpha value is -14.4. The summed E-state index contributed by atoms with van der Waals surface area (Å²) < 4.78 is 82.3. The molecule has 0 spiro atoms. The molecule has 12 aromatic heterocycles. The largest absolute Gasteiger partial charge is 0.456 e. The number of rotatable bonds is 6. The molecule has 0 aliphatic rings. The van der Waals surface area contributed by atoms with E-state index in [1.807, 2.05) is 128 Å². The lowest BCUT2D eigenvalue weighted by atomic mass is 9.86. The summed E-state index contributed by atoms with van der Waals surface area (Å²) in [5, 5.41) is 17.7. The van der Waals surface area contributed by atoms with Crippen molar-refractivity contribution in [3.8, 4) is 45.0 Å². The first-order chi connectivity index (χ1) is 61.9. The van der Waals surface area contributed by atoms with Crippen LogP contribution in [0.15, 0.2) is 291 Å². The Morgan fingerprint density at radius 1 is 0.254 bits per heavy atom. The molecular formula is C114H100N4O8+4. The monoisotopic (exact) mass is 1660 g/mol. The number of fused-ring (bicyclic) bond motifs is 28. The predicted octanol–water partition coefficient (Wildman–Crippen LogP) is 29.6. The number of furan rings is 8. The second kappa shape index (κ2) is 29.7. The van der Waals surface area contributed by atoms with Crippen molar-refractivity contribution >= 4 is 176 Å². The van der Waals surface area contributed by atoms with Crippen LogP contribution in [0.2, 0.25) is 0 Å². The van der Waals surface area contributed by atoms with Gasteiger partial charge in [0.1, 0.15) is 118 Å². The summed E-state index contributed by atoms with van der Waals surface area (Å²) in [6.07, 6.45) is 10.3. The summed E-state index contributed by atoms with van der Waals surface area (Å²) in [5.41, 5.74) is 35.0. The van der Waals surface area contributed by atoms with Gasteiger partial charge in [-0.2, -0.15) is 0 Å². The molecule has 620 valence electrons. The van der Waals surface area contributed by atoms with Gasteiger partial charge in [0.05, 0.1) is 22.3 Å². The Balaban J connectivity index is 0.000000104. The summed E-state index contributed by atoms with van der Waals surface area (Å²) >= 11 is 0. The van der Waals surface area contributed by atoms with Crippen molar-refractivity contribution in [3.05, 3.63) is 311 Å². The van der Waals surface area contributed by atoms with Gasteiger partial charge in [-0.15, -0.1) is 0 Å². The first kappa shape index (κ1) is 75.4. The highest BCUT2D eigenvalue weighted by molar-refractivity contribution is 6.31. The van der Waals surface area contributed by atoms with Crippen molar-refractivity contribution in [2.24, 2.45) is 39.0 Å². The van der Waals surface area contributed by atoms with Crippen molar-refractivity contribution in [2.45, 2.75) is 110 Å². The van der Waals surface area contributed by atoms with E-state index in [0.717, 1.165) is 228 Å². The lowest BCUT2D eigenvalue weighted by Crippen LogP contribution is -2.32. The van der Waals surface area contributed by atoms with Crippen LogP contribution < -0.4 is 18.3 Å². The highest BCUT2D eigenvalue weighted by Crippen LogP contribution is 2.49. The highest BCUT2D eigenvalue weighted by Gasteiger charge is 2.31. The van der Waals surface area contributed by atoms with E-state index in [1.54, 1.807) is 12.3 Å². The lowest BCUT2D eigenvalue weighted by molar-refractivity contribution is -0.660. The molecule has 12 heterocycles. The molecule has 0 bridgehead atoms. The van der Waals surface area contributed by atoms with E-state index in [4.69, 9.17) is 39.4 Å². The smallest absolute Gasteiger partial charge is 0.216 e. The maximum Gasteiger partial charge on any atom is 0.216 e. The fourth-order valence-electron chi connectivity index (χ4n) is 19.7. The molecule has 12 nitrogen and oxygen atoms in total. The SMILES string of the molecule is Cc1c[n+](C)c(-c2c(C)ccc3c2oc2ccc4oc5ccccc5c4c23)cc1CC(C)(C)C.Cc1cc(-c2c(C)ccc3c2oc2ccc4oc5ccccc5c4c23)[n+](C)cc1C.Cc1ccc2c(oc3ccc4oc5ccccc5c4c32)c1-c1cc(CC(C)(C)C)cc[n+]1C.[2H]C([2H])([2H])c1ccc(-c2c(C)ccc3c2oc2ccc4oc5ccccc5c4c23)[n+](C)c1. The molecule has 0 saturated carbocycles. The van der Waals surface area contributed by atoms with Crippen LogP contribution in [-0.4, -0.2) is 0 Å². The molecule has 0 aliphatic carbocycles. The maximum atomic E-state index is 7.71. The van der Waals surface area contributed by atoms with Gasteiger partial charge < -0.3 is 35.3 Å². The lowest BCUT2D eigenvalue weighted by Gasteiger charge is -2.19. The summed E-state index contributed by atoms with van der Waals surface area (Å²) in [6.45, 7) is 26.6. The molecular weight excluding hydrogens is 1550 g/mol.